The van der Waals surface area contributed by atoms with Gasteiger partial charge >= 0.3 is 5.76 Å². The molecule has 1 aliphatic carbocycles. The van der Waals surface area contributed by atoms with Gasteiger partial charge in [-0.15, -0.1) is 0 Å². The molecule has 3 unspecified atom stereocenters. The summed E-state index contributed by atoms with van der Waals surface area (Å²) in [4.78, 5) is 11.3. The number of benzene rings is 1. The molecule has 1 fully saturated rings. The predicted octanol–water partition coefficient (Wildman–Crippen LogP) is 1.95. The first-order valence-corrected chi connectivity index (χ1v) is 10.5. The van der Waals surface area contributed by atoms with E-state index in [4.69, 9.17) is 5.73 Å². The van der Waals surface area contributed by atoms with E-state index in [2.05, 4.69) is 16.5 Å². The van der Waals surface area contributed by atoms with Crippen LogP contribution >= 0.6 is 0 Å². The molecular weight excluding hydrogens is 420 g/mol. The summed E-state index contributed by atoms with van der Waals surface area (Å²) in [5.74, 6) is -4.73. The molecule has 0 saturated heterocycles. The Morgan fingerprint density at radius 1 is 1.33 bits per heavy atom. The molecule has 0 aliphatic heterocycles. The summed E-state index contributed by atoms with van der Waals surface area (Å²) < 4.78 is 49.8. The van der Waals surface area contributed by atoms with E-state index in [1.165, 1.54) is 23.0 Å². The number of alkyl halides is 2. The number of aliphatic hydroxyl groups excluding tert-OH is 1. The number of nitrogens with two attached hydrogens (primary N) is 1. The summed E-state index contributed by atoms with van der Waals surface area (Å²) in [7, 11) is -4.72. The van der Waals surface area contributed by atoms with Crippen LogP contribution in [0.4, 0.5) is 20.3 Å². The summed E-state index contributed by atoms with van der Waals surface area (Å²) >= 11 is 0. The van der Waals surface area contributed by atoms with Gasteiger partial charge in [0.1, 0.15) is 5.56 Å². The number of anilines is 2. The first kappa shape index (κ1) is 21.7. The third-order valence-electron chi connectivity index (χ3n) is 4.97. The van der Waals surface area contributed by atoms with E-state index in [9.17, 15) is 32.4 Å². The molecule has 160 valence electrons. The largest absolute Gasteiger partial charge is 0.393 e. The lowest BCUT2D eigenvalue weighted by molar-refractivity contribution is 0.0861. The van der Waals surface area contributed by atoms with Crippen LogP contribution in [0.2, 0.25) is 0 Å². The minimum atomic E-state index is -4.72. The second-order valence-electron chi connectivity index (χ2n) is 6.96. The highest BCUT2D eigenvalue weighted by Crippen LogP contribution is 2.35. The van der Waals surface area contributed by atoms with Gasteiger partial charge in [0.05, 0.1) is 29.0 Å². The van der Waals surface area contributed by atoms with Crippen molar-refractivity contribution < 1.29 is 27.1 Å². The normalized spacial score (nSPS) is 21.9. The zero-order valence-electron chi connectivity index (χ0n) is 15.6. The van der Waals surface area contributed by atoms with E-state index >= 15 is 0 Å². The summed E-state index contributed by atoms with van der Waals surface area (Å²) in [6.07, 6.45) is 2.09. The number of primary amides is 1. The van der Waals surface area contributed by atoms with Crippen LogP contribution < -0.4 is 11.1 Å². The lowest BCUT2D eigenvalue weighted by Gasteiger charge is -2.30. The molecule has 1 aromatic carbocycles. The molecule has 4 N–H and O–H groups in total. The number of aromatic nitrogens is 2. The Kier molecular flexibility index (Phi) is 6.04. The first-order chi connectivity index (χ1) is 14.1. The molecule has 1 aromatic heterocycles. The molecule has 1 heterocycles. The molecule has 2 aromatic rings. The van der Waals surface area contributed by atoms with Crippen molar-refractivity contribution in [2.45, 2.75) is 42.1 Å². The Morgan fingerprint density at radius 2 is 2.00 bits per heavy atom. The van der Waals surface area contributed by atoms with Crippen LogP contribution in [0.15, 0.2) is 35.4 Å². The molecule has 1 saturated carbocycles. The maximum absolute atomic E-state index is 12.6. The molecule has 3 atom stereocenters. The molecule has 1 aliphatic rings. The van der Waals surface area contributed by atoms with Crippen LogP contribution in [0.5, 0.6) is 0 Å². The number of nitrogens with one attached hydrogen (secondary N) is 1. The zero-order chi connectivity index (χ0) is 22.1. The third kappa shape index (κ3) is 4.27. The summed E-state index contributed by atoms with van der Waals surface area (Å²) in [5, 5.41) is 26.3. The van der Waals surface area contributed by atoms with Crippen molar-refractivity contribution in [1.29, 1.82) is 5.26 Å². The van der Waals surface area contributed by atoms with Gasteiger partial charge in [0, 0.05) is 11.9 Å². The zero-order valence-corrected chi connectivity index (χ0v) is 16.4. The van der Waals surface area contributed by atoms with Gasteiger partial charge in [0.15, 0.2) is 5.82 Å². The number of aliphatic hydroxyl groups is 1. The van der Waals surface area contributed by atoms with Crippen LogP contribution in [-0.4, -0.2) is 41.1 Å². The van der Waals surface area contributed by atoms with E-state index in [0.717, 1.165) is 12.1 Å². The van der Waals surface area contributed by atoms with Crippen molar-refractivity contribution in [1.82, 2.24) is 9.78 Å². The minimum absolute atomic E-state index is 0.0436. The smallest absolute Gasteiger partial charge is 0.341 e. The Morgan fingerprint density at radius 3 is 2.57 bits per heavy atom. The number of amides is 1. The summed E-state index contributed by atoms with van der Waals surface area (Å²) in [5.41, 5.74) is 5.76. The van der Waals surface area contributed by atoms with Gasteiger partial charge in [-0.3, -0.25) is 9.48 Å². The highest BCUT2D eigenvalue weighted by atomic mass is 32.2. The number of rotatable bonds is 6. The Balaban J connectivity index is 1.88. The van der Waals surface area contributed by atoms with Crippen LogP contribution in [0.3, 0.4) is 0 Å². The van der Waals surface area contributed by atoms with Crippen LogP contribution in [0.1, 0.15) is 35.7 Å². The number of carbonyl (C=O) groups is 1. The molecule has 0 radical (unpaired) electrons. The highest BCUT2D eigenvalue weighted by molar-refractivity contribution is 7.91. The van der Waals surface area contributed by atoms with E-state index < -0.39 is 38.4 Å². The van der Waals surface area contributed by atoms with Crippen molar-refractivity contribution in [3.8, 4) is 6.07 Å². The number of sulfone groups is 1. The number of carbonyl (C=O) groups excluding carboxylic acids is 1. The second kappa shape index (κ2) is 8.37. The van der Waals surface area contributed by atoms with Crippen LogP contribution in [0.25, 0.3) is 0 Å². The maximum atomic E-state index is 12.6. The standard InChI is InChI=1S/C18H19F2N5O4S/c19-18(20)30(28,29)13-4-1-11(2-5-13)23-17-14(16(22)27)9-25(24-17)15-6-3-12(26)7-10(15)8-21/h1-2,4-5,9-10,12,15,18,26H,3,6-7H2,(H2,22,27)(H,23,24). The van der Waals surface area contributed by atoms with Crippen LogP contribution in [-0.2, 0) is 9.84 Å². The number of hydrogen-bond donors (Lipinski definition) is 3. The van der Waals surface area contributed by atoms with Crippen molar-refractivity contribution in [3.05, 3.63) is 36.0 Å². The molecule has 30 heavy (non-hydrogen) atoms. The van der Waals surface area contributed by atoms with Crippen molar-refractivity contribution in [3.63, 3.8) is 0 Å². The van der Waals surface area contributed by atoms with Gasteiger partial charge in [-0.05, 0) is 43.5 Å². The fourth-order valence-corrected chi connectivity index (χ4v) is 4.11. The summed E-state index contributed by atoms with van der Waals surface area (Å²) in [6.45, 7) is 0. The van der Waals surface area contributed by atoms with Crippen molar-refractivity contribution in [2.24, 2.45) is 11.7 Å². The highest BCUT2D eigenvalue weighted by Gasteiger charge is 2.32. The molecule has 0 bridgehead atoms. The Hall–Kier alpha value is -3.04. The fourth-order valence-electron chi connectivity index (χ4n) is 3.39. The second-order valence-corrected chi connectivity index (χ2v) is 8.88. The topological polar surface area (TPSA) is 151 Å². The van der Waals surface area contributed by atoms with Gasteiger partial charge in [-0.1, -0.05) is 0 Å². The van der Waals surface area contributed by atoms with Gasteiger partial charge in [-0.25, -0.2) is 8.42 Å². The molecule has 12 heteroatoms. The number of nitriles is 1. The average molecular weight is 439 g/mol. The van der Waals surface area contributed by atoms with E-state index in [1.807, 2.05) is 0 Å². The lowest BCUT2D eigenvalue weighted by Crippen LogP contribution is -2.29. The van der Waals surface area contributed by atoms with E-state index in [1.54, 1.807) is 0 Å². The van der Waals surface area contributed by atoms with Gasteiger partial charge in [0.2, 0.25) is 9.84 Å². The first-order valence-electron chi connectivity index (χ1n) is 8.99. The van der Waals surface area contributed by atoms with Gasteiger partial charge in [0.25, 0.3) is 5.91 Å². The lowest BCUT2D eigenvalue weighted by atomic mass is 9.84. The van der Waals surface area contributed by atoms with Crippen molar-refractivity contribution >= 4 is 27.2 Å². The Labute approximate surface area is 171 Å². The summed E-state index contributed by atoms with van der Waals surface area (Å²) in [6, 6.07) is 6.33. The predicted molar refractivity (Wildman–Crippen MR) is 102 cm³/mol. The number of halogens is 2. The molecule has 3 rings (SSSR count). The average Bonchev–Trinajstić information content (AvgIpc) is 3.12. The van der Waals surface area contributed by atoms with E-state index in [0.29, 0.717) is 18.5 Å². The van der Waals surface area contributed by atoms with Crippen molar-refractivity contribution in [2.75, 3.05) is 5.32 Å². The molecule has 0 spiro atoms. The third-order valence-corrected chi connectivity index (χ3v) is 6.37. The number of hydrogen-bond acceptors (Lipinski definition) is 7. The monoisotopic (exact) mass is 439 g/mol. The fraction of sp³-hybridized carbons (Fsp3) is 0.389. The molecule has 1 amide bonds. The van der Waals surface area contributed by atoms with Gasteiger partial charge < -0.3 is 16.2 Å². The van der Waals surface area contributed by atoms with Crippen LogP contribution in [0, 0.1) is 17.2 Å². The Bertz CT molecular complexity index is 1080. The minimum Gasteiger partial charge on any atom is -0.393 e. The number of nitrogens with zero attached hydrogens (tertiary/aromatic N) is 3. The van der Waals surface area contributed by atoms with E-state index in [-0.39, 0.29) is 23.8 Å². The maximum Gasteiger partial charge on any atom is 0.341 e. The quantitative estimate of drug-likeness (QED) is 0.622. The SMILES string of the molecule is N#CC1CC(O)CCC1n1cc(C(N)=O)c(Nc2ccc(S(=O)(=O)C(F)F)cc2)n1. The molecular formula is C18H19F2N5O4S. The molecule has 9 nitrogen and oxygen atoms in total. The van der Waals surface area contributed by atoms with Gasteiger partial charge in [-0.2, -0.15) is 19.1 Å².